The first-order chi connectivity index (χ1) is 11.0. The molecule has 0 saturated heterocycles. The zero-order chi connectivity index (χ0) is 16.6. The molecule has 0 bridgehead atoms. The molecular weight excluding hydrogens is 371 g/mol. The molecule has 0 aliphatic carbocycles. The van der Waals surface area contributed by atoms with Crippen molar-refractivity contribution in [3.63, 3.8) is 0 Å². The van der Waals surface area contributed by atoms with Crippen LogP contribution in [0.15, 0.2) is 24.5 Å². The summed E-state index contributed by atoms with van der Waals surface area (Å²) in [5, 5.41) is 22.9. The molecular formula is C15H18Cl2N4O4. The average molecular weight is 389 g/mol. The molecule has 8 nitrogen and oxygen atoms in total. The van der Waals surface area contributed by atoms with Gasteiger partial charge in [-0.25, -0.2) is 4.98 Å². The Hall–Kier alpha value is -2.16. The number of benzene rings is 1. The van der Waals surface area contributed by atoms with Crippen LogP contribution in [0.25, 0.3) is 0 Å². The molecule has 0 spiro atoms. The van der Waals surface area contributed by atoms with Gasteiger partial charge in [-0.1, -0.05) is 6.07 Å². The summed E-state index contributed by atoms with van der Waals surface area (Å²) in [6.45, 7) is 2.64. The third kappa shape index (κ3) is 4.28. The lowest BCUT2D eigenvalue weighted by molar-refractivity contribution is -0.385. The van der Waals surface area contributed by atoms with Crippen molar-refractivity contribution < 1.29 is 14.8 Å². The molecule has 0 saturated carbocycles. The Labute approximate surface area is 156 Å². The van der Waals surface area contributed by atoms with Crippen LogP contribution in [0.1, 0.15) is 22.5 Å². The zero-order valence-electron chi connectivity index (χ0n) is 13.3. The summed E-state index contributed by atoms with van der Waals surface area (Å²) in [5.74, 6) is -0.880. The molecule has 3 rings (SSSR count). The first-order valence-electron chi connectivity index (χ1n) is 7.18. The highest BCUT2D eigenvalue weighted by Gasteiger charge is 2.27. The quantitative estimate of drug-likeness (QED) is 0.612. The van der Waals surface area contributed by atoms with Crippen molar-refractivity contribution in [2.24, 2.45) is 0 Å². The van der Waals surface area contributed by atoms with Gasteiger partial charge in [0.25, 0.3) is 5.69 Å². The number of carboxylic acid groups (broad SMARTS) is 1. The summed E-state index contributed by atoms with van der Waals surface area (Å²) in [6.07, 6.45) is 2.06. The number of carbonyl (C=O) groups is 1. The fourth-order valence-electron chi connectivity index (χ4n) is 2.85. The number of halogens is 2. The van der Waals surface area contributed by atoms with Crippen molar-refractivity contribution in [1.82, 2.24) is 14.9 Å². The number of nitrogens with one attached hydrogen (secondary N) is 1. The molecule has 2 N–H and O–H groups in total. The number of fused-ring (bicyclic) bond motifs is 1. The maximum absolute atomic E-state index is 11.1. The van der Waals surface area contributed by atoms with Gasteiger partial charge in [0.1, 0.15) is 6.04 Å². The van der Waals surface area contributed by atoms with Gasteiger partial charge >= 0.3 is 5.97 Å². The molecule has 10 heteroatoms. The van der Waals surface area contributed by atoms with E-state index in [0.717, 1.165) is 17.0 Å². The minimum absolute atomic E-state index is 0. The van der Waals surface area contributed by atoms with Crippen LogP contribution < -0.4 is 5.32 Å². The van der Waals surface area contributed by atoms with Gasteiger partial charge in [0, 0.05) is 36.8 Å². The topological polar surface area (TPSA) is 110 Å². The normalized spacial score (nSPS) is 15.5. The van der Waals surface area contributed by atoms with Gasteiger partial charge in [-0.2, -0.15) is 0 Å². The smallest absolute Gasteiger partial charge is 0.321 e. The Bertz CT molecular complexity index is 794. The zero-order valence-corrected chi connectivity index (χ0v) is 15.0. The highest BCUT2D eigenvalue weighted by Crippen LogP contribution is 2.21. The van der Waals surface area contributed by atoms with Gasteiger partial charge in [-0.3, -0.25) is 20.2 Å². The molecule has 0 amide bonds. The Balaban J connectivity index is 0.00000156. The van der Waals surface area contributed by atoms with Crippen molar-refractivity contribution in [2.45, 2.75) is 32.5 Å². The number of aliphatic carboxylic acids is 1. The van der Waals surface area contributed by atoms with Gasteiger partial charge < -0.3 is 9.67 Å². The van der Waals surface area contributed by atoms with Crippen molar-refractivity contribution in [2.75, 3.05) is 0 Å². The second-order valence-corrected chi connectivity index (χ2v) is 5.62. The van der Waals surface area contributed by atoms with Gasteiger partial charge in [0.15, 0.2) is 0 Å². The highest BCUT2D eigenvalue weighted by atomic mass is 35.5. The lowest BCUT2D eigenvalue weighted by Crippen LogP contribution is -2.42. The number of imidazole rings is 1. The van der Waals surface area contributed by atoms with E-state index in [2.05, 4.69) is 10.3 Å². The Morgan fingerprint density at radius 1 is 1.48 bits per heavy atom. The van der Waals surface area contributed by atoms with Gasteiger partial charge in [-0.05, 0) is 18.6 Å². The molecule has 2 aromatic rings. The van der Waals surface area contributed by atoms with Gasteiger partial charge in [0.05, 0.1) is 16.9 Å². The molecule has 25 heavy (non-hydrogen) atoms. The summed E-state index contributed by atoms with van der Waals surface area (Å²) in [4.78, 5) is 25.9. The standard InChI is InChI=1S/C15H16N4O4.2ClH/c1-9-4-10(2-3-13(9)19(22)23)7-18-8-17-12-6-16-11(15(20)21)5-14(12)18;;/h2-4,8,11,16H,5-7H2,1H3,(H,20,21);2*1H. The molecule has 1 aromatic heterocycles. The molecule has 1 aromatic carbocycles. The first kappa shape index (κ1) is 20.9. The lowest BCUT2D eigenvalue weighted by atomic mass is 10.0. The minimum Gasteiger partial charge on any atom is -0.480 e. The van der Waals surface area contributed by atoms with E-state index in [1.54, 1.807) is 25.4 Å². The number of nitro groups is 1. The number of rotatable bonds is 4. The minimum atomic E-state index is -0.880. The second-order valence-electron chi connectivity index (χ2n) is 5.62. The SMILES string of the molecule is Cc1cc(Cn2cnc3c2CC(C(=O)O)NC3)ccc1[N+](=O)[O-].Cl.Cl. The maximum atomic E-state index is 11.1. The largest absolute Gasteiger partial charge is 0.480 e. The van der Waals surface area contributed by atoms with Crippen LogP contribution in [-0.2, 0) is 24.3 Å². The van der Waals surface area contributed by atoms with Gasteiger partial charge in [-0.15, -0.1) is 24.8 Å². The molecule has 0 fully saturated rings. The van der Waals surface area contributed by atoms with Crippen LogP contribution in [0.3, 0.4) is 0 Å². The molecule has 1 atom stereocenters. The molecule has 0 radical (unpaired) electrons. The third-order valence-corrected chi connectivity index (χ3v) is 4.06. The summed E-state index contributed by atoms with van der Waals surface area (Å²) >= 11 is 0. The van der Waals surface area contributed by atoms with E-state index in [-0.39, 0.29) is 30.5 Å². The van der Waals surface area contributed by atoms with Crippen molar-refractivity contribution in [3.05, 3.63) is 57.2 Å². The Kier molecular flexibility index (Phi) is 6.92. The van der Waals surface area contributed by atoms with Gasteiger partial charge in [0.2, 0.25) is 0 Å². The summed E-state index contributed by atoms with van der Waals surface area (Å²) < 4.78 is 1.91. The number of nitro benzene ring substituents is 1. The molecule has 1 aliphatic rings. The van der Waals surface area contributed by atoms with E-state index >= 15 is 0 Å². The molecule has 1 unspecified atom stereocenters. The third-order valence-electron chi connectivity index (χ3n) is 4.06. The fraction of sp³-hybridized carbons (Fsp3) is 0.333. The summed E-state index contributed by atoms with van der Waals surface area (Å²) in [7, 11) is 0. The van der Waals surface area contributed by atoms with Crippen LogP contribution in [0.4, 0.5) is 5.69 Å². The van der Waals surface area contributed by atoms with E-state index in [4.69, 9.17) is 5.11 Å². The number of aryl methyl sites for hydroxylation is 1. The summed E-state index contributed by atoms with van der Waals surface area (Å²) in [5.41, 5.74) is 3.36. The van der Waals surface area contributed by atoms with Crippen LogP contribution in [0.2, 0.25) is 0 Å². The van der Waals surface area contributed by atoms with E-state index in [1.807, 2.05) is 4.57 Å². The number of carboxylic acids is 1. The van der Waals surface area contributed by atoms with E-state index < -0.39 is 16.9 Å². The van der Waals surface area contributed by atoms with Crippen molar-refractivity contribution >= 4 is 36.5 Å². The van der Waals surface area contributed by atoms with Crippen molar-refractivity contribution in [3.8, 4) is 0 Å². The average Bonchev–Trinajstić information content (AvgIpc) is 2.89. The first-order valence-corrected chi connectivity index (χ1v) is 7.18. The maximum Gasteiger partial charge on any atom is 0.321 e. The lowest BCUT2D eigenvalue weighted by Gasteiger charge is -2.21. The van der Waals surface area contributed by atoms with Crippen LogP contribution in [-0.4, -0.2) is 31.6 Å². The predicted molar refractivity (Wildman–Crippen MR) is 95.6 cm³/mol. The number of aromatic nitrogens is 2. The fourth-order valence-corrected chi connectivity index (χ4v) is 2.85. The van der Waals surface area contributed by atoms with Crippen LogP contribution in [0, 0.1) is 17.0 Å². The summed E-state index contributed by atoms with van der Waals surface area (Å²) in [6, 6.07) is 4.37. The monoisotopic (exact) mass is 388 g/mol. The number of hydrogen-bond acceptors (Lipinski definition) is 5. The number of hydrogen-bond donors (Lipinski definition) is 2. The molecule has 2 heterocycles. The number of nitrogens with zero attached hydrogens (tertiary/aromatic N) is 3. The Morgan fingerprint density at radius 3 is 2.80 bits per heavy atom. The second kappa shape index (κ2) is 8.28. The Morgan fingerprint density at radius 2 is 2.20 bits per heavy atom. The van der Waals surface area contributed by atoms with E-state index in [1.165, 1.54) is 6.07 Å². The van der Waals surface area contributed by atoms with Crippen LogP contribution in [0.5, 0.6) is 0 Å². The van der Waals surface area contributed by atoms with E-state index in [9.17, 15) is 14.9 Å². The molecule has 136 valence electrons. The van der Waals surface area contributed by atoms with Crippen LogP contribution >= 0.6 is 24.8 Å². The highest BCUT2D eigenvalue weighted by molar-refractivity contribution is 5.85. The van der Waals surface area contributed by atoms with Crippen molar-refractivity contribution in [1.29, 1.82) is 0 Å². The predicted octanol–water partition coefficient (Wildman–Crippen LogP) is 2.09. The molecule has 1 aliphatic heterocycles. The van der Waals surface area contributed by atoms with E-state index in [0.29, 0.717) is 25.1 Å².